The van der Waals surface area contributed by atoms with Gasteiger partial charge >= 0.3 is 0 Å². The van der Waals surface area contributed by atoms with E-state index in [1.54, 1.807) is 0 Å². The summed E-state index contributed by atoms with van der Waals surface area (Å²) in [5.74, 6) is 0.777. The highest BCUT2D eigenvalue weighted by Gasteiger charge is 2.00. The molecular formula is C10H24O. The van der Waals surface area contributed by atoms with Crippen LogP contribution in [0.5, 0.6) is 0 Å². The van der Waals surface area contributed by atoms with Crippen molar-refractivity contribution in [2.75, 3.05) is 0 Å². The topological polar surface area (TPSA) is 20.2 Å². The first kappa shape index (κ1) is 13.5. The molecule has 0 aromatic carbocycles. The SMILES string of the molecule is CC.CCC(C)CCC(C)O. The quantitative estimate of drug-likeness (QED) is 0.669. The molecule has 70 valence electrons. The van der Waals surface area contributed by atoms with Crippen LogP contribution in [-0.4, -0.2) is 11.2 Å². The molecule has 1 N–H and O–H groups in total. The van der Waals surface area contributed by atoms with Crippen molar-refractivity contribution in [1.29, 1.82) is 0 Å². The van der Waals surface area contributed by atoms with E-state index in [1.807, 2.05) is 20.8 Å². The van der Waals surface area contributed by atoms with E-state index in [0.717, 1.165) is 18.8 Å². The first-order valence-corrected chi connectivity index (χ1v) is 4.84. The van der Waals surface area contributed by atoms with Gasteiger partial charge in [-0.1, -0.05) is 34.1 Å². The Labute approximate surface area is 71.8 Å². The number of hydrogen-bond donors (Lipinski definition) is 1. The van der Waals surface area contributed by atoms with Crippen LogP contribution in [-0.2, 0) is 0 Å². The van der Waals surface area contributed by atoms with E-state index in [9.17, 15) is 0 Å². The van der Waals surface area contributed by atoms with Crippen LogP contribution in [0.2, 0.25) is 0 Å². The maximum atomic E-state index is 8.90. The molecule has 0 aliphatic heterocycles. The molecule has 2 atom stereocenters. The van der Waals surface area contributed by atoms with Crippen molar-refractivity contribution in [1.82, 2.24) is 0 Å². The Morgan fingerprint density at radius 1 is 1.09 bits per heavy atom. The van der Waals surface area contributed by atoms with E-state index < -0.39 is 0 Å². The third-order valence-corrected chi connectivity index (χ3v) is 1.77. The van der Waals surface area contributed by atoms with Crippen LogP contribution in [0.4, 0.5) is 0 Å². The van der Waals surface area contributed by atoms with Crippen LogP contribution in [0.25, 0.3) is 0 Å². The molecule has 0 aromatic heterocycles. The van der Waals surface area contributed by atoms with Crippen LogP contribution in [0.1, 0.15) is 53.9 Å². The molecule has 2 unspecified atom stereocenters. The summed E-state index contributed by atoms with van der Waals surface area (Å²) in [5.41, 5.74) is 0. The second-order valence-electron chi connectivity index (χ2n) is 2.94. The van der Waals surface area contributed by atoms with Crippen molar-refractivity contribution in [3.05, 3.63) is 0 Å². The average molecular weight is 160 g/mol. The number of rotatable bonds is 4. The molecule has 0 aliphatic rings. The second kappa shape index (κ2) is 9.96. The van der Waals surface area contributed by atoms with Gasteiger partial charge < -0.3 is 5.11 Å². The highest BCUT2D eigenvalue weighted by molar-refractivity contribution is 4.53. The minimum atomic E-state index is -0.112. The zero-order chi connectivity index (χ0) is 9.28. The molecular weight excluding hydrogens is 136 g/mol. The van der Waals surface area contributed by atoms with Crippen molar-refractivity contribution in [2.24, 2.45) is 5.92 Å². The minimum Gasteiger partial charge on any atom is -0.393 e. The molecule has 1 heteroatoms. The summed E-state index contributed by atoms with van der Waals surface area (Å²) in [6.07, 6.45) is 3.23. The van der Waals surface area contributed by atoms with Crippen LogP contribution < -0.4 is 0 Å². The standard InChI is InChI=1S/C8H18O.C2H6/c1-4-7(2)5-6-8(3)9;1-2/h7-9H,4-6H2,1-3H3;1-2H3. The molecule has 11 heavy (non-hydrogen) atoms. The summed E-state index contributed by atoms with van der Waals surface area (Å²) in [7, 11) is 0. The first-order valence-electron chi connectivity index (χ1n) is 4.84. The highest BCUT2D eigenvalue weighted by Crippen LogP contribution is 2.10. The fourth-order valence-electron chi connectivity index (χ4n) is 0.730. The molecule has 0 fully saturated rings. The van der Waals surface area contributed by atoms with Gasteiger partial charge in [-0.25, -0.2) is 0 Å². The van der Waals surface area contributed by atoms with Gasteiger partial charge in [0, 0.05) is 0 Å². The Bertz CT molecular complexity index is 59.9. The predicted octanol–water partition coefficient (Wildman–Crippen LogP) is 3.22. The van der Waals surface area contributed by atoms with Crippen LogP contribution in [0, 0.1) is 5.92 Å². The summed E-state index contributed by atoms with van der Waals surface area (Å²) in [5, 5.41) is 8.90. The Morgan fingerprint density at radius 2 is 1.55 bits per heavy atom. The largest absolute Gasteiger partial charge is 0.393 e. The Kier molecular flexibility index (Phi) is 12.3. The van der Waals surface area contributed by atoms with Gasteiger partial charge in [-0.05, 0) is 25.7 Å². The molecule has 0 rings (SSSR count). The zero-order valence-electron chi connectivity index (χ0n) is 8.72. The summed E-state index contributed by atoms with van der Waals surface area (Å²) < 4.78 is 0. The fourth-order valence-corrected chi connectivity index (χ4v) is 0.730. The lowest BCUT2D eigenvalue weighted by molar-refractivity contribution is 0.174. The number of aliphatic hydroxyl groups is 1. The minimum absolute atomic E-state index is 0.112. The van der Waals surface area contributed by atoms with E-state index in [1.165, 1.54) is 6.42 Å². The fraction of sp³-hybridized carbons (Fsp3) is 1.00. The van der Waals surface area contributed by atoms with Gasteiger partial charge in [0.1, 0.15) is 0 Å². The van der Waals surface area contributed by atoms with Crippen molar-refractivity contribution < 1.29 is 5.11 Å². The zero-order valence-corrected chi connectivity index (χ0v) is 8.72. The lowest BCUT2D eigenvalue weighted by Gasteiger charge is -2.08. The smallest absolute Gasteiger partial charge is 0.0512 e. The van der Waals surface area contributed by atoms with Gasteiger partial charge in [0.15, 0.2) is 0 Å². The van der Waals surface area contributed by atoms with Crippen LogP contribution >= 0.6 is 0 Å². The van der Waals surface area contributed by atoms with Crippen molar-refractivity contribution in [3.63, 3.8) is 0 Å². The van der Waals surface area contributed by atoms with Gasteiger partial charge in [0.25, 0.3) is 0 Å². The summed E-state index contributed by atoms with van der Waals surface area (Å²) >= 11 is 0. The first-order chi connectivity index (χ1) is 5.16. The van der Waals surface area contributed by atoms with E-state index in [2.05, 4.69) is 13.8 Å². The Morgan fingerprint density at radius 3 is 1.82 bits per heavy atom. The molecule has 0 radical (unpaired) electrons. The third kappa shape index (κ3) is 13.0. The number of aliphatic hydroxyl groups excluding tert-OH is 1. The molecule has 0 spiro atoms. The Balaban J connectivity index is 0. The molecule has 0 bridgehead atoms. The second-order valence-corrected chi connectivity index (χ2v) is 2.94. The van der Waals surface area contributed by atoms with Crippen LogP contribution in [0.3, 0.4) is 0 Å². The van der Waals surface area contributed by atoms with E-state index in [4.69, 9.17) is 5.11 Å². The van der Waals surface area contributed by atoms with Gasteiger partial charge in [0.2, 0.25) is 0 Å². The predicted molar refractivity (Wildman–Crippen MR) is 51.7 cm³/mol. The third-order valence-electron chi connectivity index (χ3n) is 1.77. The molecule has 0 aliphatic carbocycles. The van der Waals surface area contributed by atoms with Crippen molar-refractivity contribution in [3.8, 4) is 0 Å². The molecule has 0 heterocycles. The Hall–Kier alpha value is -0.0400. The summed E-state index contributed by atoms with van der Waals surface area (Å²) in [6.45, 7) is 10.3. The average Bonchev–Trinajstić information content (AvgIpc) is 2.04. The summed E-state index contributed by atoms with van der Waals surface area (Å²) in [4.78, 5) is 0. The molecule has 0 amide bonds. The lowest BCUT2D eigenvalue weighted by atomic mass is 10.0. The summed E-state index contributed by atoms with van der Waals surface area (Å²) in [6, 6.07) is 0. The lowest BCUT2D eigenvalue weighted by Crippen LogP contribution is -2.02. The maximum Gasteiger partial charge on any atom is 0.0512 e. The molecule has 0 saturated carbocycles. The van der Waals surface area contributed by atoms with Gasteiger partial charge in [-0.3, -0.25) is 0 Å². The van der Waals surface area contributed by atoms with Crippen molar-refractivity contribution in [2.45, 2.75) is 60.0 Å². The van der Waals surface area contributed by atoms with Gasteiger partial charge in [-0.15, -0.1) is 0 Å². The molecule has 0 aromatic rings. The highest BCUT2D eigenvalue weighted by atomic mass is 16.3. The van der Waals surface area contributed by atoms with E-state index >= 15 is 0 Å². The van der Waals surface area contributed by atoms with Gasteiger partial charge in [-0.2, -0.15) is 0 Å². The normalized spacial score (nSPS) is 14.7. The van der Waals surface area contributed by atoms with Crippen molar-refractivity contribution >= 4 is 0 Å². The molecule has 1 nitrogen and oxygen atoms in total. The van der Waals surface area contributed by atoms with Crippen LogP contribution in [0.15, 0.2) is 0 Å². The van der Waals surface area contributed by atoms with E-state index in [0.29, 0.717) is 0 Å². The molecule has 0 saturated heterocycles. The monoisotopic (exact) mass is 160 g/mol. The maximum absolute atomic E-state index is 8.90. The number of hydrogen-bond acceptors (Lipinski definition) is 1. The van der Waals surface area contributed by atoms with E-state index in [-0.39, 0.29) is 6.10 Å². The van der Waals surface area contributed by atoms with Gasteiger partial charge in [0.05, 0.1) is 6.10 Å².